The molecule has 1 saturated heterocycles. The van der Waals surface area contributed by atoms with Crippen LogP contribution in [0.5, 0.6) is 0 Å². The summed E-state index contributed by atoms with van der Waals surface area (Å²) in [5.74, 6) is -5.59. The van der Waals surface area contributed by atoms with Gasteiger partial charge < -0.3 is 19.9 Å². The molecule has 1 aliphatic heterocycles. The summed E-state index contributed by atoms with van der Waals surface area (Å²) in [6, 6.07) is -0.454. The SMILES string of the molecule is CC1CN(c2c(F)c(F)c3c(=O)c(C(=O)O)cn(C4CC4)c3c2F)C(I)C(C)N1. The van der Waals surface area contributed by atoms with Gasteiger partial charge in [0.05, 0.1) is 15.0 Å². The molecular formula is C19H19F3IN3O3. The number of carboxylic acid groups (broad SMARTS) is 1. The van der Waals surface area contributed by atoms with Crippen LogP contribution >= 0.6 is 22.6 Å². The first-order valence-corrected chi connectivity index (χ1v) is 10.5. The summed E-state index contributed by atoms with van der Waals surface area (Å²) in [4.78, 5) is 25.5. The number of rotatable bonds is 3. The smallest absolute Gasteiger partial charge is 0.341 e. The average molecular weight is 521 g/mol. The molecule has 6 nitrogen and oxygen atoms in total. The van der Waals surface area contributed by atoms with Gasteiger partial charge in [0.15, 0.2) is 17.5 Å². The monoisotopic (exact) mass is 521 g/mol. The molecule has 0 amide bonds. The molecule has 29 heavy (non-hydrogen) atoms. The van der Waals surface area contributed by atoms with Crippen molar-refractivity contribution in [3.63, 3.8) is 0 Å². The van der Waals surface area contributed by atoms with E-state index in [4.69, 9.17) is 0 Å². The van der Waals surface area contributed by atoms with E-state index in [-0.39, 0.29) is 34.2 Å². The molecule has 1 aromatic carbocycles. The zero-order valence-electron chi connectivity index (χ0n) is 15.7. The highest BCUT2D eigenvalue weighted by atomic mass is 127. The summed E-state index contributed by atoms with van der Waals surface area (Å²) in [7, 11) is 0. The molecule has 4 rings (SSSR count). The van der Waals surface area contributed by atoms with Crippen LogP contribution in [0.15, 0.2) is 11.0 Å². The van der Waals surface area contributed by atoms with Gasteiger partial charge >= 0.3 is 5.97 Å². The van der Waals surface area contributed by atoms with Crippen molar-refractivity contribution in [2.75, 3.05) is 11.4 Å². The fourth-order valence-electron chi connectivity index (χ4n) is 3.99. The van der Waals surface area contributed by atoms with Crippen LogP contribution in [0.25, 0.3) is 10.9 Å². The Hall–Kier alpha value is -1.82. The molecule has 1 aromatic heterocycles. The first kappa shape index (κ1) is 20.5. The van der Waals surface area contributed by atoms with E-state index in [2.05, 4.69) is 5.32 Å². The van der Waals surface area contributed by atoms with E-state index in [9.17, 15) is 14.7 Å². The molecule has 0 radical (unpaired) electrons. The minimum Gasteiger partial charge on any atom is -0.477 e. The molecule has 2 aromatic rings. The quantitative estimate of drug-likeness (QED) is 0.281. The summed E-state index contributed by atoms with van der Waals surface area (Å²) in [5.41, 5.74) is -2.82. The lowest BCUT2D eigenvalue weighted by Gasteiger charge is -2.42. The van der Waals surface area contributed by atoms with Crippen molar-refractivity contribution in [2.45, 2.75) is 48.9 Å². The number of pyridine rings is 1. The van der Waals surface area contributed by atoms with E-state index in [1.54, 1.807) is 0 Å². The van der Waals surface area contributed by atoms with Crippen molar-refractivity contribution in [2.24, 2.45) is 0 Å². The second kappa shape index (κ2) is 7.15. The van der Waals surface area contributed by atoms with Crippen LogP contribution in [0.4, 0.5) is 18.9 Å². The van der Waals surface area contributed by atoms with Crippen molar-refractivity contribution < 1.29 is 23.1 Å². The van der Waals surface area contributed by atoms with Gasteiger partial charge in [0, 0.05) is 30.9 Å². The number of aromatic nitrogens is 1. The maximum atomic E-state index is 15.7. The van der Waals surface area contributed by atoms with Crippen molar-refractivity contribution in [3.05, 3.63) is 39.4 Å². The highest BCUT2D eigenvalue weighted by molar-refractivity contribution is 14.1. The highest BCUT2D eigenvalue weighted by Crippen LogP contribution is 2.41. The summed E-state index contributed by atoms with van der Waals surface area (Å²) in [6.45, 7) is 3.97. The third-order valence-corrected chi connectivity index (χ3v) is 7.21. The summed E-state index contributed by atoms with van der Waals surface area (Å²) in [6.07, 6.45) is 2.32. The van der Waals surface area contributed by atoms with Gasteiger partial charge in [0.2, 0.25) is 5.43 Å². The van der Waals surface area contributed by atoms with E-state index < -0.39 is 45.5 Å². The Bertz CT molecular complexity index is 1090. The normalized spacial score (nSPS) is 24.9. The van der Waals surface area contributed by atoms with Crippen molar-refractivity contribution in [1.29, 1.82) is 0 Å². The number of hydrogen-bond acceptors (Lipinski definition) is 4. The number of nitrogens with zero attached hydrogens (tertiary/aromatic N) is 2. The number of fused-ring (bicyclic) bond motifs is 1. The molecule has 0 spiro atoms. The number of halogens is 4. The predicted molar refractivity (Wildman–Crippen MR) is 111 cm³/mol. The molecule has 1 aliphatic carbocycles. The highest BCUT2D eigenvalue weighted by Gasteiger charge is 2.37. The minimum atomic E-state index is -1.56. The van der Waals surface area contributed by atoms with Gasteiger partial charge in [-0.25, -0.2) is 18.0 Å². The first-order valence-electron chi connectivity index (χ1n) is 9.28. The van der Waals surface area contributed by atoms with Gasteiger partial charge in [-0.05, 0) is 26.7 Å². The number of nitrogens with one attached hydrogen (secondary N) is 1. The number of benzene rings is 1. The molecule has 2 aliphatic rings. The van der Waals surface area contributed by atoms with Crippen molar-refractivity contribution >= 4 is 45.2 Å². The molecule has 0 bridgehead atoms. The molecule has 156 valence electrons. The van der Waals surface area contributed by atoms with Gasteiger partial charge in [-0.2, -0.15) is 0 Å². The zero-order valence-corrected chi connectivity index (χ0v) is 17.8. The van der Waals surface area contributed by atoms with Crippen LogP contribution in [0.2, 0.25) is 0 Å². The van der Waals surface area contributed by atoms with Crippen LogP contribution in [0.1, 0.15) is 43.1 Å². The fourth-order valence-corrected chi connectivity index (χ4v) is 4.70. The molecule has 1 saturated carbocycles. The number of alkyl halides is 1. The van der Waals surface area contributed by atoms with Crippen LogP contribution in [0, 0.1) is 17.5 Å². The molecule has 3 unspecified atom stereocenters. The molecule has 2 fully saturated rings. The third kappa shape index (κ3) is 3.20. The van der Waals surface area contributed by atoms with Gasteiger partial charge in [-0.15, -0.1) is 0 Å². The van der Waals surface area contributed by atoms with Gasteiger partial charge in [-0.3, -0.25) is 4.79 Å². The lowest BCUT2D eigenvalue weighted by molar-refractivity contribution is 0.0694. The Morgan fingerprint density at radius 2 is 1.86 bits per heavy atom. The van der Waals surface area contributed by atoms with E-state index in [1.807, 2.05) is 36.4 Å². The Kier molecular flexibility index (Phi) is 5.04. The number of carboxylic acids is 1. The molecule has 2 heterocycles. The zero-order chi connectivity index (χ0) is 21.2. The largest absolute Gasteiger partial charge is 0.477 e. The van der Waals surface area contributed by atoms with Gasteiger partial charge in [0.1, 0.15) is 11.3 Å². The van der Waals surface area contributed by atoms with E-state index in [0.717, 1.165) is 6.20 Å². The van der Waals surface area contributed by atoms with Crippen molar-refractivity contribution in [1.82, 2.24) is 9.88 Å². The summed E-state index contributed by atoms with van der Waals surface area (Å²) >= 11 is 2.04. The molecule has 3 atom stereocenters. The second-order valence-corrected chi connectivity index (χ2v) is 8.99. The maximum absolute atomic E-state index is 15.7. The number of anilines is 1. The Morgan fingerprint density at radius 1 is 1.21 bits per heavy atom. The summed E-state index contributed by atoms with van der Waals surface area (Å²) < 4.78 is 46.8. The minimum absolute atomic E-state index is 0.0893. The number of aromatic carboxylic acids is 1. The van der Waals surface area contributed by atoms with E-state index in [0.29, 0.717) is 12.8 Å². The molecule has 10 heteroatoms. The molecular weight excluding hydrogens is 502 g/mol. The average Bonchev–Trinajstić information content (AvgIpc) is 3.48. The Balaban J connectivity index is 2.07. The third-order valence-electron chi connectivity index (χ3n) is 5.46. The lowest BCUT2D eigenvalue weighted by atomic mass is 10.1. The van der Waals surface area contributed by atoms with Gasteiger partial charge in [-0.1, -0.05) is 22.6 Å². The predicted octanol–water partition coefficient (Wildman–Crippen LogP) is 3.40. The second-order valence-electron chi connectivity index (χ2n) is 7.71. The van der Waals surface area contributed by atoms with Crippen LogP contribution in [0.3, 0.4) is 0 Å². The number of carbonyl (C=O) groups is 1. The van der Waals surface area contributed by atoms with Gasteiger partial charge in [0.25, 0.3) is 0 Å². The lowest BCUT2D eigenvalue weighted by Crippen LogP contribution is -2.58. The maximum Gasteiger partial charge on any atom is 0.341 e. The summed E-state index contributed by atoms with van der Waals surface area (Å²) in [5, 5.41) is 11.7. The topological polar surface area (TPSA) is 74.6 Å². The first-order chi connectivity index (χ1) is 13.6. The van der Waals surface area contributed by atoms with E-state index >= 15 is 13.2 Å². The van der Waals surface area contributed by atoms with Crippen LogP contribution < -0.4 is 15.6 Å². The van der Waals surface area contributed by atoms with Crippen LogP contribution in [-0.4, -0.2) is 38.3 Å². The Labute approximate surface area is 177 Å². The molecule has 2 N–H and O–H groups in total. The Morgan fingerprint density at radius 3 is 2.45 bits per heavy atom. The van der Waals surface area contributed by atoms with Crippen LogP contribution in [-0.2, 0) is 0 Å². The standard InChI is InChI=1S/C19H19F3IN3O3/c1-7-5-26(18(23)8(2)24-7)16-13(21)12(20)11-15(14(16)22)25(9-3-4-9)6-10(17(11)27)19(28)29/h6-9,18,24H,3-5H2,1-2H3,(H,28,29). The van der Waals surface area contributed by atoms with E-state index in [1.165, 1.54) is 9.47 Å². The number of hydrogen-bond donors (Lipinski definition) is 2. The van der Waals surface area contributed by atoms with Crippen molar-refractivity contribution in [3.8, 4) is 0 Å². The fraction of sp³-hybridized carbons (Fsp3) is 0.474. The number of piperazine rings is 1.